The van der Waals surface area contributed by atoms with E-state index in [4.69, 9.17) is 4.98 Å². The van der Waals surface area contributed by atoms with Gasteiger partial charge in [-0.3, -0.25) is 0 Å². The summed E-state index contributed by atoms with van der Waals surface area (Å²) in [5.74, 6) is 0.980. The van der Waals surface area contributed by atoms with Crippen LogP contribution < -0.4 is 9.80 Å². The van der Waals surface area contributed by atoms with Crippen molar-refractivity contribution in [1.29, 1.82) is 0 Å². The molecule has 0 radical (unpaired) electrons. The van der Waals surface area contributed by atoms with Crippen LogP contribution in [0.1, 0.15) is 5.56 Å². The summed E-state index contributed by atoms with van der Waals surface area (Å²) < 4.78 is 0. The quantitative estimate of drug-likeness (QED) is 0.839. The lowest BCUT2D eigenvalue weighted by Crippen LogP contribution is -2.16. The number of pyridine rings is 1. The normalized spacial score (nSPS) is 10.4. The molecule has 1 aromatic heterocycles. The van der Waals surface area contributed by atoms with Gasteiger partial charge in [-0.1, -0.05) is 30.3 Å². The maximum Gasteiger partial charge on any atom is 0.130 e. The van der Waals surface area contributed by atoms with Gasteiger partial charge >= 0.3 is 0 Å². The van der Waals surface area contributed by atoms with Crippen molar-refractivity contribution in [2.75, 3.05) is 38.0 Å². The molecule has 19 heavy (non-hydrogen) atoms. The average molecular weight is 255 g/mol. The fraction of sp³-hybridized carbons (Fsp3) is 0.312. The molecule has 3 nitrogen and oxygen atoms in total. The summed E-state index contributed by atoms with van der Waals surface area (Å²) in [7, 11) is 8.17. The summed E-state index contributed by atoms with van der Waals surface area (Å²) in [6.45, 7) is 2.13. The molecule has 1 heterocycles. The third kappa shape index (κ3) is 2.70. The molecule has 0 saturated heterocycles. The molecule has 0 N–H and O–H groups in total. The molecule has 0 saturated carbocycles. The van der Waals surface area contributed by atoms with Crippen molar-refractivity contribution in [1.82, 2.24) is 4.98 Å². The highest BCUT2D eigenvalue weighted by Crippen LogP contribution is 2.31. The van der Waals surface area contributed by atoms with E-state index < -0.39 is 0 Å². The molecule has 0 fully saturated rings. The second kappa shape index (κ2) is 5.31. The zero-order chi connectivity index (χ0) is 14.0. The summed E-state index contributed by atoms with van der Waals surface area (Å²) in [6.07, 6.45) is 0. The first-order valence-electron chi connectivity index (χ1n) is 6.42. The second-order valence-electron chi connectivity index (χ2n) is 5.13. The minimum absolute atomic E-state index is 0.980. The van der Waals surface area contributed by atoms with Crippen LogP contribution in [-0.2, 0) is 0 Å². The average Bonchev–Trinajstić information content (AvgIpc) is 2.39. The van der Waals surface area contributed by atoms with Gasteiger partial charge in [0.2, 0.25) is 0 Å². The molecule has 0 spiro atoms. The first-order valence-corrected chi connectivity index (χ1v) is 6.42. The van der Waals surface area contributed by atoms with Gasteiger partial charge in [-0.05, 0) is 12.5 Å². The fourth-order valence-electron chi connectivity index (χ4n) is 2.15. The van der Waals surface area contributed by atoms with Crippen LogP contribution >= 0.6 is 0 Å². The van der Waals surface area contributed by atoms with Crippen LogP contribution in [0.3, 0.4) is 0 Å². The standard InChI is InChI=1S/C16H21N3/c1-12-14(18(2)3)11-15(19(4)5)17-16(12)13-9-7-6-8-10-13/h6-11H,1-5H3. The lowest BCUT2D eigenvalue weighted by Gasteiger charge is -2.22. The summed E-state index contributed by atoms with van der Waals surface area (Å²) in [4.78, 5) is 8.96. The van der Waals surface area contributed by atoms with Crippen molar-refractivity contribution < 1.29 is 0 Å². The van der Waals surface area contributed by atoms with E-state index in [0.717, 1.165) is 17.1 Å². The molecule has 0 aliphatic rings. The molecular formula is C16H21N3. The van der Waals surface area contributed by atoms with Gasteiger partial charge in [-0.25, -0.2) is 4.98 Å². The van der Waals surface area contributed by atoms with E-state index in [-0.39, 0.29) is 0 Å². The molecule has 0 unspecified atom stereocenters. The van der Waals surface area contributed by atoms with E-state index >= 15 is 0 Å². The van der Waals surface area contributed by atoms with Crippen LogP contribution in [0.5, 0.6) is 0 Å². The number of anilines is 2. The first-order chi connectivity index (χ1) is 9.00. The van der Waals surface area contributed by atoms with Crippen LogP contribution in [-0.4, -0.2) is 33.2 Å². The van der Waals surface area contributed by atoms with E-state index in [9.17, 15) is 0 Å². The fourth-order valence-corrected chi connectivity index (χ4v) is 2.15. The monoisotopic (exact) mass is 255 g/mol. The van der Waals surface area contributed by atoms with E-state index in [1.807, 2.05) is 37.2 Å². The summed E-state index contributed by atoms with van der Waals surface area (Å²) in [5.41, 5.74) is 4.63. The molecule has 0 bridgehead atoms. The molecule has 0 amide bonds. The van der Waals surface area contributed by atoms with E-state index in [2.05, 4.69) is 44.1 Å². The van der Waals surface area contributed by atoms with Gasteiger partial charge in [0.1, 0.15) is 5.82 Å². The maximum atomic E-state index is 4.78. The number of hydrogen-bond donors (Lipinski definition) is 0. The van der Waals surface area contributed by atoms with Crippen LogP contribution in [0.4, 0.5) is 11.5 Å². The molecule has 0 atom stereocenters. The SMILES string of the molecule is Cc1c(N(C)C)cc(N(C)C)nc1-c1ccccc1. The van der Waals surface area contributed by atoms with E-state index in [1.165, 1.54) is 11.3 Å². The molecular weight excluding hydrogens is 234 g/mol. The number of benzene rings is 1. The zero-order valence-electron chi connectivity index (χ0n) is 12.3. The number of rotatable bonds is 3. The largest absolute Gasteiger partial charge is 0.377 e. The Hall–Kier alpha value is -2.03. The minimum atomic E-state index is 0.980. The maximum absolute atomic E-state index is 4.78. The summed E-state index contributed by atoms with van der Waals surface area (Å²) in [6, 6.07) is 12.5. The topological polar surface area (TPSA) is 19.4 Å². The Kier molecular flexibility index (Phi) is 3.74. The summed E-state index contributed by atoms with van der Waals surface area (Å²) >= 11 is 0. The smallest absolute Gasteiger partial charge is 0.130 e. The molecule has 0 aliphatic carbocycles. The second-order valence-corrected chi connectivity index (χ2v) is 5.13. The molecule has 3 heteroatoms. The predicted octanol–water partition coefficient (Wildman–Crippen LogP) is 3.19. The van der Waals surface area contributed by atoms with Crippen molar-refractivity contribution in [2.45, 2.75) is 6.92 Å². The summed E-state index contributed by atoms with van der Waals surface area (Å²) in [5, 5.41) is 0. The first kappa shape index (κ1) is 13.4. The third-order valence-corrected chi connectivity index (χ3v) is 3.22. The lowest BCUT2D eigenvalue weighted by molar-refractivity contribution is 1.04. The van der Waals surface area contributed by atoms with Gasteiger partial charge in [0.05, 0.1) is 5.69 Å². The van der Waals surface area contributed by atoms with Crippen molar-refractivity contribution in [3.8, 4) is 11.3 Å². The Balaban J connectivity index is 2.66. The van der Waals surface area contributed by atoms with Gasteiger partial charge < -0.3 is 9.80 Å². The Morgan fingerprint density at radius 3 is 2.05 bits per heavy atom. The van der Waals surface area contributed by atoms with E-state index in [0.29, 0.717) is 0 Å². The van der Waals surface area contributed by atoms with Gasteiger partial charge in [0.15, 0.2) is 0 Å². The predicted molar refractivity (Wildman–Crippen MR) is 83.1 cm³/mol. The minimum Gasteiger partial charge on any atom is -0.377 e. The van der Waals surface area contributed by atoms with Crippen LogP contribution in [0.2, 0.25) is 0 Å². The highest BCUT2D eigenvalue weighted by atomic mass is 15.1. The molecule has 1 aromatic carbocycles. The lowest BCUT2D eigenvalue weighted by atomic mass is 10.0. The van der Waals surface area contributed by atoms with Crippen molar-refractivity contribution in [3.63, 3.8) is 0 Å². The molecule has 2 aromatic rings. The Labute approximate surface area is 115 Å². The van der Waals surface area contributed by atoms with Gasteiger partial charge in [-0.2, -0.15) is 0 Å². The Bertz CT molecular complexity index is 560. The highest BCUT2D eigenvalue weighted by molar-refractivity contribution is 5.73. The van der Waals surface area contributed by atoms with Crippen molar-refractivity contribution in [3.05, 3.63) is 42.0 Å². The van der Waals surface area contributed by atoms with Crippen LogP contribution in [0.15, 0.2) is 36.4 Å². The number of nitrogens with zero attached hydrogens (tertiary/aromatic N) is 3. The van der Waals surface area contributed by atoms with E-state index in [1.54, 1.807) is 0 Å². The Morgan fingerprint density at radius 1 is 0.895 bits per heavy atom. The van der Waals surface area contributed by atoms with Crippen molar-refractivity contribution >= 4 is 11.5 Å². The van der Waals surface area contributed by atoms with Crippen molar-refractivity contribution in [2.24, 2.45) is 0 Å². The Morgan fingerprint density at radius 2 is 1.53 bits per heavy atom. The highest BCUT2D eigenvalue weighted by Gasteiger charge is 2.13. The van der Waals surface area contributed by atoms with Gasteiger partial charge in [0, 0.05) is 45.5 Å². The van der Waals surface area contributed by atoms with Crippen LogP contribution in [0.25, 0.3) is 11.3 Å². The molecule has 100 valence electrons. The number of aromatic nitrogens is 1. The molecule has 2 rings (SSSR count). The van der Waals surface area contributed by atoms with Gasteiger partial charge in [-0.15, -0.1) is 0 Å². The van der Waals surface area contributed by atoms with Gasteiger partial charge in [0.25, 0.3) is 0 Å². The third-order valence-electron chi connectivity index (χ3n) is 3.22. The molecule has 0 aliphatic heterocycles. The van der Waals surface area contributed by atoms with Crippen LogP contribution in [0, 0.1) is 6.92 Å². The zero-order valence-corrected chi connectivity index (χ0v) is 12.3. The number of hydrogen-bond acceptors (Lipinski definition) is 3.